The van der Waals surface area contributed by atoms with Gasteiger partial charge in [-0.15, -0.1) is 0 Å². The predicted molar refractivity (Wildman–Crippen MR) is 106 cm³/mol. The summed E-state index contributed by atoms with van der Waals surface area (Å²) in [4.78, 5) is 8.53. The SMILES string of the molecule is CC(C)CCNc1cc(Nc2ccc(Oc3ccccc3)cc2)ncn1. The summed E-state index contributed by atoms with van der Waals surface area (Å²) in [6, 6.07) is 19.4. The van der Waals surface area contributed by atoms with Gasteiger partial charge in [0.2, 0.25) is 0 Å². The van der Waals surface area contributed by atoms with Gasteiger partial charge < -0.3 is 15.4 Å². The Hall–Kier alpha value is -3.08. The smallest absolute Gasteiger partial charge is 0.135 e. The molecule has 0 aliphatic rings. The van der Waals surface area contributed by atoms with E-state index < -0.39 is 0 Å². The highest BCUT2D eigenvalue weighted by Gasteiger charge is 2.02. The molecule has 2 aromatic carbocycles. The molecule has 0 saturated carbocycles. The lowest BCUT2D eigenvalue weighted by molar-refractivity contribution is 0.483. The van der Waals surface area contributed by atoms with E-state index in [1.54, 1.807) is 6.33 Å². The molecule has 3 aromatic rings. The van der Waals surface area contributed by atoms with Crippen molar-refractivity contribution in [1.82, 2.24) is 9.97 Å². The number of para-hydroxylation sites is 1. The minimum Gasteiger partial charge on any atom is -0.457 e. The number of hydrogen-bond acceptors (Lipinski definition) is 5. The van der Waals surface area contributed by atoms with Crippen molar-refractivity contribution in [2.45, 2.75) is 20.3 Å². The van der Waals surface area contributed by atoms with Gasteiger partial charge in [-0.3, -0.25) is 0 Å². The van der Waals surface area contributed by atoms with Crippen LogP contribution in [0.3, 0.4) is 0 Å². The maximum absolute atomic E-state index is 5.80. The van der Waals surface area contributed by atoms with Crippen LogP contribution in [-0.4, -0.2) is 16.5 Å². The molecular formula is C21H24N4O. The van der Waals surface area contributed by atoms with Crippen LogP contribution in [0.2, 0.25) is 0 Å². The second-order valence-electron chi connectivity index (χ2n) is 6.46. The molecule has 0 atom stereocenters. The third kappa shape index (κ3) is 5.48. The maximum atomic E-state index is 5.80. The first-order chi connectivity index (χ1) is 12.7. The van der Waals surface area contributed by atoms with E-state index in [0.717, 1.165) is 41.8 Å². The molecule has 0 fully saturated rings. The van der Waals surface area contributed by atoms with Gasteiger partial charge >= 0.3 is 0 Å². The molecule has 0 aliphatic carbocycles. The lowest BCUT2D eigenvalue weighted by Crippen LogP contribution is -2.06. The molecule has 1 heterocycles. The van der Waals surface area contributed by atoms with Crippen LogP contribution in [0.1, 0.15) is 20.3 Å². The van der Waals surface area contributed by atoms with Crippen LogP contribution in [-0.2, 0) is 0 Å². The average Bonchev–Trinajstić information content (AvgIpc) is 2.64. The first-order valence-corrected chi connectivity index (χ1v) is 8.85. The normalized spacial score (nSPS) is 10.6. The molecule has 134 valence electrons. The molecule has 0 bridgehead atoms. The van der Waals surface area contributed by atoms with E-state index in [0.29, 0.717) is 5.92 Å². The largest absolute Gasteiger partial charge is 0.457 e. The van der Waals surface area contributed by atoms with Crippen molar-refractivity contribution >= 4 is 17.3 Å². The Morgan fingerprint density at radius 1 is 0.885 bits per heavy atom. The first kappa shape index (κ1) is 17.7. The zero-order valence-electron chi connectivity index (χ0n) is 15.1. The third-order valence-corrected chi connectivity index (χ3v) is 3.80. The number of hydrogen-bond donors (Lipinski definition) is 2. The van der Waals surface area contributed by atoms with Gasteiger partial charge in [-0.1, -0.05) is 32.0 Å². The summed E-state index contributed by atoms with van der Waals surface area (Å²) in [5, 5.41) is 6.62. The van der Waals surface area contributed by atoms with Gasteiger partial charge in [0, 0.05) is 18.3 Å². The summed E-state index contributed by atoms with van der Waals surface area (Å²) in [5.74, 6) is 3.86. The highest BCUT2D eigenvalue weighted by molar-refractivity contribution is 5.59. The summed E-state index contributed by atoms with van der Waals surface area (Å²) in [6.07, 6.45) is 2.67. The standard InChI is InChI=1S/C21H24N4O/c1-16(2)12-13-22-20-14-21(24-15-23-20)25-17-8-10-19(11-9-17)26-18-6-4-3-5-7-18/h3-11,14-16H,12-13H2,1-2H3,(H2,22,23,24,25). The van der Waals surface area contributed by atoms with E-state index in [1.807, 2.05) is 60.7 Å². The number of nitrogens with one attached hydrogen (secondary N) is 2. The molecule has 0 saturated heterocycles. The quantitative estimate of drug-likeness (QED) is 0.565. The van der Waals surface area contributed by atoms with E-state index in [9.17, 15) is 0 Å². The second-order valence-corrected chi connectivity index (χ2v) is 6.46. The van der Waals surface area contributed by atoms with E-state index in [1.165, 1.54) is 0 Å². The van der Waals surface area contributed by atoms with Crippen LogP contribution < -0.4 is 15.4 Å². The molecule has 0 aliphatic heterocycles. The minimum atomic E-state index is 0.665. The number of nitrogens with zero attached hydrogens (tertiary/aromatic N) is 2. The van der Waals surface area contributed by atoms with Gasteiger partial charge in [0.05, 0.1) is 0 Å². The van der Waals surface area contributed by atoms with Crippen LogP contribution in [0, 0.1) is 5.92 Å². The highest BCUT2D eigenvalue weighted by Crippen LogP contribution is 2.24. The Labute approximate surface area is 154 Å². The van der Waals surface area contributed by atoms with E-state index in [2.05, 4.69) is 34.4 Å². The summed E-state index contributed by atoms with van der Waals surface area (Å²) >= 11 is 0. The summed E-state index contributed by atoms with van der Waals surface area (Å²) in [6.45, 7) is 5.32. The fourth-order valence-electron chi connectivity index (χ4n) is 2.39. The average molecular weight is 348 g/mol. The molecule has 3 rings (SSSR count). The second kappa shape index (κ2) is 8.85. The molecule has 0 amide bonds. The fraction of sp³-hybridized carbons (Fsp3) is 0.238. The van der Waals surface area contributed by atoms with Crippen molar-refractivity contribution in [1.29, 1.82) is 0 Å². The third-order valence-electron chi connectivity index (χ3n) is 3.80. The molecule has 1 aromatic heterocycles. The van der Waals surface area contributed by atoms with Gasteiger partial charge in [-0.25, -0.2) is 9.97 Å². The zero-order chi connectivity index (χ0) is 18.2. The number of benzene rings is 2. The zero-order valence-corrected chi connectivity index (χ0v) is 15.1. The molecule has 5 nitrogen and oxygen atoms in total. The molecule has 26 heavy (non-hydrogen) atoms. The van der Waals surface area contributed by atoms with Crippen LogP contribution >= 0.6 is 0 Å². The van der Waals surface area contributed by atoms with Crippen LogP contribution in [0.15, 0.2) is 67.0 Å². The number of ether oxygens (including phenoxy) is 1. The molecule has 0 radical (unpaired) electrons. The summed E-state index contributed by atoms with van der Waals surface area (Å²) in [5.41, 5.74) is 0.942. The van der Waals surface area contributed by atoms with Crippen molar-refractivity contribution in [2.75, 3.05) is 17.2 Å². The molecule has 0 unspecified atom stereocenters. The first-order valence-electron chi connectivity index (χ1n) is 8.85. The monoisotopic (exact) mass is 348 g/mol. The molecular weight excluding hydrogens is 324 g/mol. The topological polar surface area (TPSA) is 59.1 Å². The lowest BCUT2D eigenvalue weighted by Gasteiger charge is -2.10. The van der Waals surface area contributed by atoms with E-state index in [4.69, 9.17) is 4.74 Å². The van der Waals surface area contributed by atoms with Gasteiger partial charge in [0.25, 0.3) is 0 Å². The van der Waals surface area contributed by atoms with Crippen LogP contribution in [0.5, 0.6) is 11.5 Å². The van der Waals surface area contributed by atoms with Crippen molar-refractivity contribution in [3.05, 3.63) is 67.0 Å². The van der Waals surface area contributed by atoms with Crippen LogP contribution in [0.4, 0.5) is 17.3 Å². The van der Waals surface area contributed by atoms with Gasteiger partial charge in [0.15, 0.2) is 0 Å². The Balaban J connectivity index is 1.58. The predicted octanol–water partition coefficient (Wildman–Crippen LogP) is 5.47. The Morgan fingerprint density at radius 3 is 2.31 bits per heavy atom. The van der Waals surface area contributed by atoms with Crippen molar-refractivity contribution in [2.24, 2.45) is 5.92 Å². The number of aromatic nitrogens is 2. The molecule has 0 spiro atoms. The Bertz CT molecular complexity index is 804. The molecule has 2 N–H and O–H groups in total. The Kier molecular flexibility index (Phi) is 6.04. The number of rotatable bonds is 8. The van der Waals surface area contributed by atoms with Crippen LogP contribution in [0.25, 0.3) is 0 Å². The van der Waals surface area contributed by atoms with Crippen molar-refractivity contribution in [3.63, 3.8) is 0 Å². The van der Waals surface area contributed by atoms with E-state index in [-0.39, 0.29) is 0 Å². The van der Waals surface area contributed by atoms with Gasteiger partial charge in [0.1, 0.15) is 29.5 Å². The van der Waals surface area contributed by atoms with Crippen molar-refractivity contribution in [3.8, 4) is 11.5 Å². The fourth-order valence-corrected chi connectivity index (χ4v) is 2.39. The maximum Gasteiger partial charge on any atom is 0.135 e. The highest BCUT2D eigenvalue weighted by atomic mass is 16.5. The van der Waals surface area contributed by atoms with Crippen molar-refractivity contribution < 1.29 is 4.74 Å². The lowest BCUT2D eigenvalue weighted by atomic mass is 10.1. The van der Waals surface area contributed by atoms with Gasteiger partial charge in [-0.05, 0) is 48.7 Å². The summed E-state index contributed by atoms with van der Waals surface area (Å²) in [7, 11) is 0. The minimum absolute atomic E-state index is 0.665. The van der Waals surface area contributed by atoms with Gasteiger partial charge in [-0.2, -0.15) is 0 Å². The number of anilines is 3. The summed E-state index contributed by atoms with van der Waals surface area (Å²) < 4.78 is 5.80. The molecule has 5 heteroatoms. The Morgan fingerprint density at radius 2 is 1.58 bits per heavy atom. The van der Waals surface area contributed by atoms with E-state index >= 15 is 0 Å².